The van der Waals surface area contributed by atoms with Gasteiger partial charge in [-0.15, -0.1) is 0 Å². The molecule has 1 atom stereocenters. The van der Waals surface area contributed by atoms with E-state index in [0.717, 1.165) is 18.4 Å². The maximum atomic E-state index is 11.4. The van der Waals surface area contributed by atoms with Gasteiger partial charge in [0.1, 0.15) is 11.3 Å². The number of ether oxygens (including phenoxy) is 1. The van der Waals surface area contributed by atoms with Gasteiger partial charge >= 0.3 is 5.97 Å². The molecule has 0 bridgehead atoms. The Labute approximate surface area is 124 Å². The molecule has 1 aliphatic rings. The molecular weight excluding hydrogens is 270 g/mol. The fourth-order valence-corrected chi connectivity index (χ4v) is 2.30. The Morgan fingerprint density at radius 3 is 2.76 bits per heavy atom. The minimum Gasteiger partial charge on any atom is -0.493 e. The van der Waals surface area contributed by atoms with Crippen molar-refractivity contribution in [2.24, 2.45) is 0 Å². The Balaban J connectivity index is 1.81. The zero-order valence-corrected chi connectivity index (χ0v) is 12.3. The smallest absolute Gasteiger partial charge is 0.323 e. The van der Waals surface area contributed by atoms with Crippen LogP contribution in [0.5, 0.6) is 5.75 Å². The van der Waals surface area contributed by atoms with E-state index in [0.29, 0.717) is 31.2 Å². The van der Waals surface area contributed by atoms with Crippen LogP contribution < -0.4 is 10.1 Å². The van der Waals surface area contributed by atoms with E-state index in [2.05, 4.69) is 5.32 Å². The molecule has 1 unspecified atom stereocenters. The Hall–Kier alpha value is -1.59. The molecule has 1 saturated carbocycles. The first-order valence-electron chi connectivity index (χ1n) is 7.38. The normalized spacial score (nSPS) is 17.2. The predicted molar refractivity (Wildman–Crippen MR) is 79.3 cm³/mol. The van der Waals surface area contributed by atoms with E-state index in [1.165, 1.54) is 0 Å². The summed E-state index contributed by atoms with van der Waals surface area (Å²) in [4.78, 5) is 11.4. The number of carboxylic acids is 1. The highest BCUT2D eigenvalue weighted by molar-refractivity contribution is 5.78. The molecule has 0 spiro atoms. The summed E-state index contributed by atoms with van der Waals surface area (Å²) < 4.78 is 5.64. The molecule has 5 heteroatoms. The van der Waals surface area contributed by atoms with Gasteiger partial charge in [0.05, 0.1) is 13.2 Å². The number of carbonyl (C=O) groups is 1. The highest BCUT2D eigenvalue weighted by Crippen LogP contribution is 2.25. The highest BCUT2D eigenvalue weighted by atomic mass is 16.5. The quantitative estimate of drug-likeness (QED) is 0.606. The summed E-state index contributed by atoms with van der Waals surface area (Å²) in [6.45, 7) is 2.10. The van der Waals surface area contributed by atoms with Crippen molar-refractivity contribution < 1.29 is 19.7 Å². The maximum absolute atomic E-state index is 11.4. The number of nitrogens with one attached hydrogen (secondary N) is 1. The molecule has 5 nitrogen and oxygen atoms in total. The van der Waals surface area contributed by atoms with Crippen LogP contribution in [0.3, 0.4) is 0 Å². The van der Waals surface area contributed by atoms with Crippen molar-refractivity contribution in [3.05, 3.63) is 29.8 Å². The number of benzene rings is 1. The van der Waals surface area contributed by atoms with Crippen molar-refractivity contribution in [2.45, 2.75) is 50.8 Å². The van der Waals surface area contributed by atoms with Crippen molar-refractivity contribution in [1.82, 2.24) is 5.32 Å². The fourth-order valence-electron chi connectivity index (χ4n) is 2.30. The third kappa shape index (κ3) is 4.44. The van der Waals surface area contributed by atoms with Crippen LogP contribution in [0, 0.1) is 0 Å². The number of carboxylic acid groups (broad SMARTS) is 1. The summed E-state index contributed by atoms with van der Waals surface area (Å²) in [5.41, 5.74) is -0.143. The second-order valence-electron chi connectivity index (χ2n) is 5.77. The van der Waals surface area contributed by atoms with Crippen LogP contribution in [0.1, 0.15) is 38.2 Å². The first kappa shape index (κ1) is 15.8. The number of hydrogen-bond donors (Lipinski definition) is 3. The standard InChI is InChI=1S/C16H23NO4/c1-16(15(19)20,17-13-7-8-13)9-4-10-21-14-6-3-2-5-12(14)11-18/h2-3,5-6,13,17-18H,4,7-11H2,1H3,(H,19,20). The monoisotopic (exact) mass is 293 g/mol. The minimum absolute atomic E-state index is 0.0632. The van der Waals surface area contributed by atoms with E-state index in [4.69, 9.17) is 4.74 Å². The first-order chi connectivity index (χ1) is 10.0. The number of hydrogen-bond acceptors (Lipinski definition) is 4. The fraction of sp³-hybridized carbons (Fsp3) is 0.562. The van der Waals surface area contributed by atoms with Gasteiger partial charge in [-0.2, -0.15) is 0 Å². The Morgan fingerprint density at radius 2 is 2.14 bits per heavy atom. The highest BCUT2D eigenvalue weighted by Gasteiger charge is 2.37. The van der Waals surface area contributed by atoms with Crippen LogP contribution in [0.15, 0.2) is 24.3 Å². The van der Waals surface area contributed by atoms with Gasteiger partial charge in [-0.3, -0.25) is 10.1 Å². The van der Waals surface area contributed by atoms with E-state index >= 15 is 0 Å². The molecule has 0 heterocycles. The molecule has 3 N–H and O–H groups in total. The first-order valence-corrected chi connectivity index (χ1v) is 7.38. The Morgan fingerprint density at radius 1 is 1.43 bits per heavy atom. The van der Waals surface area contributed by atoms with Crippen LogP contribution in [0.25, 0.3) is 0 Å². The topological polar surface area (TPSA) is 78.8 Å². The second-order valence-corrected chi connectivity index (χ2v) is 5.77. The number of rotatable bonds is 9. The number of aliphatic hydroxyl groups is 1. The summed E-state index contributed by atoms with van der Waals surface area (Å²) in [5, 5.41) is 21.8. The predicted octanol–water partition coefficient (Wildman–Crippen LogP) is 1.93. The van der Waals surface area contributed by atoms with Crippen LogP contribution in [-0.4, -0.2) is 34.4 Å². The van der Waals surface area contributed by atoms with Crippen molar-refractivity contribution in [2.75, 3.05) is 6.61 Å². The van der Waals surface area contributed by atoms with Crippen LogP contribution in [-0.2, 0) is 11.4 Å². The van der Waals surface area contributed by atoms with E-state index in [-0.39, 0.29) is 6.61 Å². The van der Waals surface area contributed by atoms with Gasteiger partial charge in [-0.05, 0) is 38.7 Å². The molecule has 1 aliphatic carbocycles. The van der Waals surface area contributed by atoms with E-state index in [1.807, 2.05) is 24.3 Å². The van der Waals surface area contributed by atoms with Gasteiger partial charge in [0.2, 0.25) is 0 Å². The maximum Gasteiger partial charge on any atom is 0.323 e. The summed E-state index contributed by atoms with van der Waals surface area (Å²) in [6.07, 6.45) is 3.27. The number of aliphatic hydroxyl groups excluding tert-OH is 1. The van der Waals surface area contributed by atoms with Gasteiger partial charge in [-0.1, -0.05) is 18.2 Å². The Kier molecular flexibility index (Phi) is 5.20. The third-order valence-electron chi connectivity index (χ3n) is 3.79. The lowest BCUT2D eigenvalue weighted by atomic mass is 9.96. The van der Waals surface area contributed by atoms with Crippen LogP contribution in [0.4, 0.5) is 0 Å². The van der Waals surface area contributed by atoms with Crippen molar-refractivity contribution in [3.63, 3.8) is 0 Å². The van der Waals surface area contributed by atoms with Gasteiger partial charge in [0.15, 0.2) is 0 Å². The average molecular weight is 293 g/mol. The molecule has 0 aromatic heterocycles. The molecule has 116 valence electrons. The summed E-state index contributed by atoms with van der Waals surface area (Å²) >= 11 is 0. The zero-order valence-electron chi connectivity index (χ0n) is 12.3. The second kappa shape index (κ2) is 6.91. The van der Waals surface area contributed by atoms with Crippen molar-refractivity contribution in [1.29, 1.82) is 0 Å². The molecule has 1 aromatic carbocycles. The Bertz CT molecular complexity index is 487. The molecule has 1 aromatic rings. The van der Waals surface area contributed by atoms with E-state index in [9.17, 15) is 15.0 Å². The van der Waals surface area contributed by atoms with Crippen LogP contribution >= 0.6 is 0 Å². The zero-order chi connectivity index (χ0) is 15.3. The third-order valence-corrected chi connectivity index (χ3v) is 3.79. The lowest BCUT2D eigenvalue weighted by Gasteiger charge is -2.26. The summed E-state index contributed by atoms with van der Waals surface area (Å²) in [7, 11) is 0. The van der Waals surface area contributed by atoms with Crippen LogP contribution in [0.2, 0.25) is 0 Å². The van der Waals surface area contributed by atoms with Gasteiger partial charge in [0.25, 0.3) is 0 Å². The number of aliphatic carboxylic acids is 1. The van der Waals surface area contributed by atoms with Gasteiger partial charge < -0.3 is 14.9 Å². The van der Waals surface area contributed by atoms with E-state index in [1.54, 1.807) is 6.92 Å². The molecule has 0 radical (unpaired) electrons. The molecule has 0 amide bonds. The lowest BCUT2D eigenvalue weighted by molar-refractivity contribution is -0.144. The summed E-state index contributed by atoms with van der Waals surface area (Å²) in [5.74, 6) is -0.155. The lowest BCUT2D eigenvalue weighted by Crippen LogP contribution is -2.50. The van der Waals surface area contributed by atoms with Gasteiger partial charge in [-0.25, -0.2) is 0 Å². The molecule has 0 aliphatic heterocycles. The number of para-hydroxylation sites is 1. The largest absolute Gasteiger partial charge is 0.493 e. The molecule has 0 saturated heterocycles. The molecular formula is C16H23NO4. The molecule has 1 fully saturated rings. The summed E-state index contributed by atoms with van der Waals surface area (Å²) in [6, 6.07) is 7.67. The SMILES string of the molecule is CC(CCCOc1ccccc1CO)(NC1CC1)C(=O)O. The van der Waals surface area contributed by atoms with Gasteiger partial charge in [0, 0.05) is 11.6 Å². The minimum atomic E-state index is -0.888. The molecule has 21 heavy (non-hydrogen) atoms. The molecule has 2 rings (SSSR count). The van der Waals surface area contributed by atoms with E-state index < -0.39 is 11.5 Å². The van der Waals surface area contributed by atoms with Crippen molar-refractivity contribution in [3.8, 4) is 5.75 Å². The van der Waals surface area contributed by atoms with Crippen molar-refractivity contribution >= 4 is 5.97 Å². The average Bonchev–Trinajstić information content (AvgIpc) is 3.27.